The van der Waals surface area contributed by atoms with Crippen molar-refractivity contribution in [2.45, 2.75) is 70.8 Å². The molecule has 4 aliphatic carbocycles. The van der Waals surface area contributed by atoms with Gasteiger partial charge in [-0.05, 0) is 85.9 Å². The van der Waals surface area contributed by atoms with E-state index in [9.17, 15) is 10.2 Å². The van der Waals surface area contributed by atoms with Crippen LogP contribution in [0, 0.1) is 34.5 Å². The maximum Gasteiger partial charge on any atom is 0.0573 e. The quantitative estimate of drug-likeness (QED) is 0.772. The van der Waals surface area contributed by atoms with E-state index in [1.165, 1.54) is 51.4 Å². The summed E-state index contributed by atoms with van der Waals surface area (Å²) in [4.78, 5) is 0. The molecule has 7 unspecified atom stereocenters. The average molecular weight is 278 g/mol. The van der Waals surface area contributed by atoms with Crippen LogP contribution in [0.2, 0.25) is 0 Å². The maximum absolute atomic E-state index is 10.5. The molecule has 4 saturated carbocycles. The number of hydrogen-bond donors (Lipinski definition) is 2. The summed E-state index contributed by atoms with van der Waals surface area (Å²) in [6.07, 6.45) is 11.4. The number of hydrogen-bond acceptors (Lipinski definition) is 2. The fourth-order valence-corrected chi connectivity index (χ4v) is 7.31. The first-order valence-corrected chi connectivity index (χ1v) is 8.88. The third-order valence-electron chi connectivity index (χ3n) is 8.08. The molecule has 0 aliphatic heterocycles. The predicted octanol–water partition coefficient (Wildman–Crippen LogP) is 3.36. The van der Waals surface area contributed by atoms with Gasteiger partial charge in [-0.15, -0.1) is 0 Å². The lowest BCUT2D eigenvalue weighted by Gasteiger charge is -2.61. The molecule has 1 spiro atoms. The van der Waals surface area contributed by atoms with Gasteiger partial charge in [0.25, 0.3) is 0 Å². The van der Waals surface area contributed by atoms with Gasteiger partial charge >= 0.3 is 0 Å². The summed E-state index contributed by atoms with van der Waals surface area (Å²) in [6, 6.07) is 0. The summed E-state index contributed by atoms with van der Waals surface area (Å²) in [6.45, 7) is 2.90. The second-order valence-electron chi connectivity index (χ2n) is 8.71. The molecule has 4 aliphatic rings. The van der Waals surface area contributed by atoms with Crippen molar-refractivity contribution in [2.24, 2.45) is 34.5 Å². The van der Waals surface area contributed by atoms with Crippen LogP contribution in [0.1, 0.15) is 64.7 Å². The summed E-state index contributed by atoms with van der Waals surface area (Å²) < 4.78 is 0. The summed E-state index contributed by atoms with van der Waals surface area (Å²) in [7, 11) is 0. The van der Waals surface area contributed by atoms with Gasteiger partial charge in [0.1, 0.15) is 0 Å². The molecule has 0 aromatic carbocycles. The molecule has 2 nitrogen and oxygen atoms in total. The van der Waals surface area contributed by atoms with E-state index in [4.69, 9.17) is 0 Å². The SMILES string of the molecule is CC12CCCC(O)C1CCC13CC(CO)C(CCC12)C3. The van der Waals surface area contributed by atoms with E-state index in [2.05, 4.69) is 6.92 Å². The van der Waals surface area contributed by atoms with Crippen molar-refractivity contribution in [1.29, 1.82) is 0 Å². The van der Waals surface area contributed by atoms with Crippen LogP contribution in [-0.2, 0) is 0 Å². The van der Waals surface area contributed by atoms with E-state index in [1.807, 2.05) is 0 Å². The summed E-state index contributed by atoms with van der Waals surface area (Å²) in [5.41, 5.74) is 0.907. The Hall–Kier alpha value is -0.0800. The van der Waals surface area contributed by atoms with Gasteiger partial charge in [-0.1, -0.05) is 13.3 Å². The first-order chi connectivity index (χ1) is 9.59. The average Bonchev–Trinajstić information content (AvgIpc) is 2.69. The number of fused-ring (bicyclic) bond motifs is 3. The molecule has 20 heavy (non-hydrogen) atoms. The zero-order valence-electron chi connectivity index (χ0n) is 12.9. The van der Waals surface area contributed by atoms with Crippen molar-refractivity contribution in [3.63, 3.8) is 0 Å². The minimum Gasteiger partial charge on any atom is -0.396 e. The maximum atomic E-state index is 10.5. The highest BCUT2D eigenvalue weighted by molar-refractivity contribution is 5.12. The Balaban J connectivity index is 1.68. The molecule has 2 N–H and O–H groups in total. The highest BCUT2D eigenvalue weighted by Gasteiger charge is 2.62. The Morgan fingerprint density at radius 3 is 2.70 bits per heavy atom. The van der Waals surface area contributed by atoms with Crippen molar-refractivity contribution in [2.75, 3.05) is 6.61 Å². The molecule has 2 bridgehead atoms. The van der Waals surface area contributed by atoms with Crippen LogP contribution >= 0.6 is 0 Å². The normalized spacial score (nSPS) is 58.0. The Kier molecular flexibility index (Phi) is 3.03. The Labute approximate surface area is 123 Å². The molecule has 0 saturated heterocycles. The van der Waals surface area contributed by atoms with Crippen LogP contribution in [-0.4, -0.2) is 22.9 Å². The molecule has 4 fully saturated rings. The topological polar surface area (TPSA) is 40.5 Å². The van der Waals surface area contributed by atoms with E-state index in [1.54, 1.807) is 0 Å². The van der Waals surface area contributed by atoms with Crippen LogP contribution in [0.4, 0.5) is 0 Å². The molecular formula is C18H30O2. The summed E-state index contributed by atoms with van der Waals surface area (Å²) >= 11 is 0. The van der Waals surface area contributed by atoms with Gasteiger partial charge in [0.15, 0.2) is 0 Å². The fourth-order valence-electron chi connectivity index (χ4n) is 7.31. The van der Waals surface area contributed by atoms with E-state index in [-0.39, 0.29) is 6.10 Å². The molecule has 0 aromatic heterocycles. The minimum atomic E-state index is -0.0427. The molecule has 0 heterocycles. The summed E-state index contributed by atoms with van der Waals surface area (Å²) in [5, 5.41) is 20.2. The highest BCUT2D eigenvalue weighted by atomic mass is 16.3. The largest absolute Gasteiger partial charge is 0.396 e. The van der Waals surface area contributed by atoms with Gasteiger partial charge in [-0.25, -0.2) is 0 Å². The fraction of sp³-hybridized carbons (Fsp3) is 1.00. The number of aliphatic hydroxyl groups is 2. The smallest absolute Gasteiger partial charge is 0.0573 e. The molecule has 2 heteroatoms. The van der Waals surface area contributed by atoms with Gasteiger partial charge in [-0.3, -0.25) is 0 Å². The van der Waals surface area contributed by atoms with Crippen molar-refractivity contribution in [1.82, 2.24) is 0 Å². The van der Waals surface area contributed by atoms with E-state index in [0.717, 1.165) is 18.3 Å². The summed E-state index contributed by atoms with van der Waals surface area (Å²) in [5.74, 6) is 2.74. The molecular weight excluding hydrogens is 248 g/mol. The third kappa shape index (κ3) is 1.64. The molecule has 114 valence electrons. The zero-order valence-corrected chi connectivity index (χ0v) is 12.9. The Morgan fingerprint density at radius 1 is 1.05 bits per heavy atom. The van der Waals surface area contributed by atoms with Crippen LogP contribution in [0.15, 0.2) is 0 Å². The van der Waals surface area contributed by atoms with Crippen LogP contribution in [0.5, 0.6) is 0 Å². The minimum absolute atomic E-state index is 0.0427. The molecule has 4 rings (SSSR count). The van der Waals surface area contributed by atoms with Gasteiger partial charge in [0.05, 0.1) is 6.10 Å². The van der Waals surface area contributed by atoms with Crippen molar-refractivity contribution in [3.05, 3.63) is 0 Å². The van der Waals surface area contributed by atoms with Crippen LogP contribution in [0.3, 0.4) is 0 Å². The Bertz CT molecular complexity index is 395. The van der Waals surface area contributed by atoms with Crippen LogP contribution < -0.4 is 0 Å². The molecule has 0 amide bonds. The van der Waals surface area contributed by atoms with Gasteiger partial charge in [-0.2, -0.15) is 0 Å². The lowest BCUT2D eigenvalue weighted by Crippen LogP contribution is -2.55. The third-order valence-corrected chi connectivity index (χ3v) is 8.08. The van der Waals surface area contributed by atoms with Crippen LogP contribution in [0.25, 0.3) is 0 Å². The van der Waals surface area contributed by atoms with Crippen molar-refractivity contribution in [3.8, 4) is 0 Å². The van der Waals surface area contributed by atoms with Gasteiger partial charge in [0.2, 0.25) is 0 Å². The Morgan fingerprint density at radius 2 is 1.90 bits per heavy atom. The number of aliphatic hydroxyl groups excluding tert-OH is 2. The van der Waals surface area contributed by atoms with Crippen molar-refractivity contribution >= 4 is 0 Å². The molecule has 7 atom stereocenters. The second kappa shape index (κ2) is 4.46. The molecule has 0 radical (unpaired) electrons. The lowest BCUT2D eigenvalue weighted by molar-refractivity contribution is -0.143. The van der Waals surface area contributed by atoms with Gasteiger partial charge in [0, 0.05) is 6.61 Å². The van der Waals surface area contributed by atoms with E-state index < -0.39 is 0 Å². The second-order valence-corrected chi connectivity index (χ2v) is 8.71. The highest BCUT2D eigenvalue weighted by Crippen LogP contribution is 2.70. The standard InChI is InChI=1S/C18H30O2/c1-17-7-2-3-15(20)14(17)6-8-18-9-12(4-5-16(17)18)13(10-18)11-19/h12-16,19-20H,2-11H2,1H3. The predicted molar refractivity (Wildman–Crippen MR) is 79.1 cm³/mol. The van der Waals surface area contributed by atoms with E-state index >= 15 is 0 Å². The lowest BCUT2D eigenvalue weighted by atomic mass is 9.44. The number of rotatable bonds is 1. The monoisotopic (exact) mass is 278 g/mol. The van der Waals surface area contributed by atoms with Crippen molar-refractivity contribution < 1.29 is 10.2 Å². The zero-order chi connectivity index (χ0) is 14.0. The van der Waals surface area contributed by atoms with E-state index in [0.29, 0.717) is 29.3 Å². The first kappa shape index (κ1) is 13.6. The molecule has 0 aromatic rings. The first-order valence-electron chi connectivity index (χ1n) is 8.88. The van der Waals surface area contributed by atoms with Gasteiger partial charge < -0.3 is 10.2 Å².